The highest BCUT2D eigenvalue weighted by Gasteiger charge is 2.20. The van der Waals surface area contributed by atoms with E-state index in [2.05, 4.69) is 15.9 Å². The molecule has 0 aliphatic rings. The zero-order chi connectivity index (χ0) is 11.3. The molecule has 1 unspecified atom stereocenters. The lowest BCUT2D eigenvalue weighted by atomic mass is 10.1. The Hall–Kier alpha value is -0.580. The van der Waals surface area contributed by atoms with Gasteiger partial charge >= 0.3 is 5.97 Å². The van der Waals surface area contributed by atoms with Crippen molar-refractivity contribution in [1.29, 1.82) is 0 Å². The third-order valence-corrected chi connectivity index (χ3v) is 2.38. The number of benzene rings is 1. The van der Waals surface area contributed by atoms with Crippen LogP contribution in [-0.2, 0) is 9.53 Å². The normalized spacial score (nSPS) is 12.4. The van der Waals surface area contributed by atoms with E-state index in [1.165, 1.54) is 0 Å². The first-order valence-electron chi connectivity index (χ1n) is 4.31. The first kappa shape index (κ1) is 12.5. The number of carbonyl (C=O) groups is 1. The van der Waals surface area contributed by atoms with Gasteiger partial charge in [0.15, 0.2) is 6.10 Å². The summed E-state index contributed by atoms with van der Waals surface area (Å²) in [5, 5.41) is 8.96. The summed E-state index contributed by atoms with van der Waals surface area (Å²) in [4.78, 5) is 10.9. The minimum Gasteiger partial charge on any atom is -0.479 e. The van der Waals surface area contributed by atoms with E-state index in [1.54, 1.807) is 18.2 Å². The van der Waals surface area contributed by atoms with E-state index in [-0.39, 0.29) is 12.5 Å². The Bertz CT molecular complexity index is 343. The molecule has 0 saturated heterocycles. The maximum Gasteiger partial charge on any atom is 0.337 e. The average molecular weight is 294 g/mol. The second-order valence-corrected chi connectivity index (χ2v) is 4.13. The van der Waals surface area contributed by atoms with Crippen LogP contribution in [0, 0.1) is 0 Å². The minimum absolute atomic E-state index is 0.213. The van der Waals surface area contributed by atoms with Crippen molar-refractivity contribution in [1.82, 2.24) is 0 Å². The average Bonchev–Trinajstić information content (AvgIpc) is 2.18. The molecule has 1 aromatic carbocycles. The van der Waals surface area contributed by atoms with Crippen molar-refractivity contribution in [3.8, 4) is 0 Å². The number of hydrogen-bond donors (Lipinski definition) is 1. The highest BCUT2D eigenvalue weighted by atomic mass is 79.9. The van der Waals surface area contributed by atoms with Crippen LogP contribution in [0.1, 0.15) is 11.7 Å². The highest BCUT2D eigenvalue weighted by Crippen LogP contribution is 2.21. The number of halogens is 2. The lowest BCUT2D eigenvalue weighted by molar-refractivity contribution is -0.150. The van der Waals surface area contributed by atoms with Gasteiger partial charge in [-0.3, -0.25) is 0 Å². The molecule has 1 rings (SSSR count). The second-order valence-electron chi connectivity index (χ2n) is 2.83. The molecular weight excluding hydrogens is 283 g/mol. The highest BCUT2D eigenvalue weighted by molar-refractivity contribution is 9.10. The molecule has 0 spiro atoms. The van der Waals surface area contributed by atoms with Gasteiger partial charge in [-0.15, -0.1) is 11.6 Å². The number of alkyl halides is 1. The summed E-state index contributed by atoms with van der Waals surface area (Å²) < 4.78 is 5.96. The fourth-order valence-electron chi connectivity index (χ4n) is 1.14. The van der Waals surface area contributed by atoms with Gasteiger partial charge in [0.05, 0.1) is 6.61 Å². The van der Waals surface area contributed by atoms with Crippen molar-refractivity contribution < 1.29 is 14.6 Å². The Morgan fingerprint density at radius 3 is 2.87 bits per heavy atom. The van der Waals surface area contributed by atoms with Crippen molar-refractivity contribution in [2.24, 2.45) is 0 Å². The van der Waals surface area contributed by atoms with Gasteiger partial charge in [0.1, 0.15) is 0 Å². The van der Waals surface area contributed by atoms with Crippen LogP contribution >= 0.6 is 27.5 Å². The second kappa shape index (κ2) is 6.10. The smallest absolute Gasteiger partial charge is 0.337 e. The summed E-state index contributed by atoms with van der Waals surface area (Å²) in [7, 11) is 0. The number of ether oxygens (including phenoxy) is 1. The van der Waals surface area contributed by atoms with E-state index < -0.39 is 12.1 Å². The maximum atomic E-state index is 10.9. The molecule has 0 amide bonds. The van der Waals surface area contributed by atoms with Crippen molar-refractivity contribution in [3.05, 3.63) is 34.3 Å². The van der Waals surface area contributed by atoms with Gasteiger partial charge < -0.3 is 9.84 Å². The maximum absolute atomic E-state index is 10.9. The van der Waals surface area contributed by atoms with Crippen LogP contribution in [0.4, 0.5) is 0 Å². The number of aliphatic carboxylic acids is 1. The Labute approximate surface area is 101 Å². The molecule has 1 aromatic rings. The monoisotopic (exact) mass is 292 g/mol. The lowest BCUT2D eigenvalue weighted by Crippen LogP contribution is -2.16. The van der Waals surface area contributed by atoms with Gasteiger partial charge in [-0.05, 0) is 17.7 Å². The molecule has 15 heavy (non-hydrogen) atoms. The van der Waals surface area contributed by atoms with Crippen LogP contribution < -0.4 is 0 Å². The molecule has 0 radical (unpaired) electrons. The fourth-order valence-corrected chi connectivity index (χ4v) is 1.65. The number of carboxylic acid groups (broad SMARTS) is 1. The van der Waals surface area contributed by atoms with Gasteiger partial charge in [-0.1, -0.05) is 28.1 Å². The van der Waals surface area contributed by atoms with Crippen molar-refractivity contribution in [2.45, 2.75) is 6.10 Å². The first-order chi connectivity index (χ1) is 7.15. The van der Waals surface area contributed by atoms with Crippen molar-refractivity contribution in [3.63, 3.8) is 0 Å². The Kier molecular flexibility index (Phi) is 5.08. The Morgan fingerprint density at radius 2 is 2.33 bits per heavy atom. The zero-order valence-electron chi connectivity index (χ0n) is 7.82. The molecule has 1 atom stereocenters. The largest absolute Gasteiger partial charge is 0.479 e. The van der Waals surface area contributed by atoms with Gasteiger partial charge in [-0.25, -0.2) is 4.79 Å². The van der Waals surface area contributed by atoms with Crippen LogP contribution in [0.2, 0.25) is 0 Å². The van der Waals surface area contributed by atoms with Gasteiger partial charge in [0.25, 0.3) is 0 Å². The first-order valence-corrected chi connectivity index (χ1v) is 5.63. The molecule has 0 aromatic heterocycles. The van der Waals surface area contributed by atoms with E-state index in [0.29, 0.717) is 5.56 Å². The van der Waals surface area contributed by atoms with Crippen LogP contribution in [0.5, 0.6) is 0 Å². The molecule has 5 heteroatoms. The molecule has 0 heterocycles. The third-order valence-electron chi connectivity index (χ3n) is 1.74. The lowest BCUT2D eigenvalue weighted by Gasteiger charge is -2.13. The fraction of sp³-hybridized carbons (Fsp3) is 0.300. The summed E-state index contributed by atoms with van der Waals surface area (Å²) in [6.07, 6.45) is -0.957. The van der Waals surface area contributed by atoms with E-state index in [4.69, 9.17) is 21.4 Å². The van der Waals surface area contributed by atoms with Gasteiger partial charge in [-0.2, -0.15) is 0 Å². The number of carboxylic acids is 1. The topological polar surface area (TPSA) is 46.5 Å². The molecule has 0 aliphatic heterocycles. The predicted molar refractivity (Wildman–Crippen MR) is 61.2 cm³/mol. The van der Waals surface area contributed by atoms with Crippen LogP contribution in [-0.4, -0.2) is 23.6 Å². The number of hydrogen-bond acceptors (Lipinski definition) is 2. The molecule has 0 bridgehead atoms. The summed E-state index contributed by atoms with van der Waals surface area (Å²) in [5.41, 5.74) is 0.599. The molecule has 1 N–H and O–H groups in total. The van der Waals surface area contributed by atoms with E-state index >= 15 is 0 Å². The van der Waals surface area contributed by atoms with Gasteiger partial charge in [0.2, 0.25) is 0 Å². The predicted octanol–water partition coefficient (Wildman–Crippen LogP) is 2.83. The van der Waals surface area contributed by atoms with E-state index in [9.17, 15) is 4.79 Å². The van der Waals surface area contributed by atoms with Crippen LogP contribution in [0.3, 0.4) is 0 Å². The molecule has 3 nitrogen and oxygen atoms in total. The third kappa shape index (κ3) is 3.81. The van der Waals surface area contributed by atoms with Crippen LogP contribution in [0.15, 0.2) is 28.7 Å². The molecular formula is C10H10BrClO3. The Morgan fingerprint density at radius 1 is 1.60 bits per heavy atom. The minimum atomic E-state index is -1.02. The standard InChI is InChI=1S/C10H10BrClO3/c11-8-3-1-2-7(6-8)9(10(13)14)15-5-4-12/h1-3,6,9H,4-5H2,(H,13,14). The van der Waals surface area contributed by atoms with Crippen LogP contribution in [0.25, 0.3) is 0 Å². The van der Waals surface area contributed by atoms with E-state index in [0.717, 1.165) is 4.47 Å². The molecule has 82 valence electrons. The molecule has 0 fully saturated rings. The SMILES string of the molecule is O=C(O)C(OCCCl)c1cccc(Br)c1. The summed E-state index contributed by atoms with van der Waals surface area (Å²) in [5.74, 6) is -0.740. The number of rotatable bonds is 5. The zero-order valence-corrected chi connectivity index (χ0v) is 10.2. The Balaban J connectivity index is 2.84. The molecule has 0 saturated carbocycles. The quantitative estimate of drug-likeness (QED) is 0.849. The van der Waals surface area contributed by atoms with Gasteiger partial charge in [0, 0.05) is 10.4 Å². The summed E-state index contributed by atoms with van der Waals surface area (Å²) >= 11 is 8.72. The van der Waals surface area contributed by atoms with Crippen molar-refractivity contribution >= 4 is 33.5 Å². The molecule has 0 aliphatic carbocycles. The summed E-state index contributed by atoms with van der Waals surface area (Å²) in [6.45, 7) is 0.213. The van der Waals surface area contributed by atoms with Crippen molar-refractivity contribution in [2.75, 3.05) is 12.5 Å². The van der Waals surface area contributed by atoms with E-state index in [1.807, 2.05) is 6.07 Å². The summed E-state index contributed by atoms with van der Waals surface area (Å²) in [6, 6.07) is 7.01.